The van der Waals surface area contributed by atoms with Gasteiger partial charge in [0.2, 0.25) is 0 Å². The Balaban J connectivity index is 1.66. The van der Waals surface area contributed by atoms with Crippen LogP contribution in [0.5, 0.6) is 0 Å². The van der Waals surface area contributed by atoms with Crippen LogP contribution in [-0.4, -0.2) is 6.04 Å². The quantitative estimate of drug-likeness (QED) is 0.824. The minimum Gasteiger partial charge on any atom is -0.307 e. The molecule has 0 amide bonds. The number of hydrogen-bond acceptors (Lipinski definition) is 2. The number of aryl methyl sites for hydroxylation is 1. The van der Waals surface area contributed by atoms with Crippen LogP contribution in [0.1, 0.15) is 61.9 Å². The maximum Gasteiger partial charge on any atom is 0.0333 e. The summed E-state index contributed by atoms with van der Waals surface area (Å²) in [4.78, 5) is 1.64. The first-order valence-electron chi connectivity index (χ1n) is 7.15. The van der Waals surface area contributed by atoms with Crippen molar-refractivity contribution in [1.82, 2.24) is 5.32 Å². The average Bonchev–Trinajstić information content (AvgIpc) is 2.78. The van der Waals surface area contributed by atoms with Gasteiger partial charge < -0.3 is 5.32 Å². The maximum absolute atomic E-state index is 3.94. The first kappa shape index (κ1) is 11.7. The maximum atomic E-state index is 3.94. The van der Waals surface area contributed by atoms with Gasteiger partial charge >= 0.3 is 0 Å². The molecule has 3 unspecified atom stereocenters. The largest absolute Gasteiger partial charge is 0.307 e. The Labute approximate surface area is 109 Å². The van der Waals surface area contributed by atoms with Crippen LogP contribution in [0.2, 0.25) is 0 Å². The van der Waals surface area contributed by atoms with E-state index in [-0.39, 0.29) is 0 Å². The predicted octanol–water partition coefficient (Wildman–Crippen LogP) is 4.29. The Morgan fingerprint density at radius 3 is 3.06 bits per heavy atom. The van der Waals surface area contributed by atoms with Crippen molar-refractivity contribution in [1.29, 1.82) is 0 Å². The van der Waals surface area contributed by atoms with E-state index in [1.807, 2.05) is 11.3 Å². The van der Waals surface area contributed by atoms with Gasteiger partial charge in [0.25, 0.3) is 0 Å². The van der Waals surface area contributed by atoms with E-state index in [2.05, 4.69) is 23.7 Å². The van der Waals surface area contributed by atoms with Gasteiger partial charge in [-0.25, -0.2) is 0 Å². The molecule has 94 valence electrons. The van der Waals surface area contributed by atoms with Crippen LogP contribution >= 0.6 is 11.3 Å². The molecule has 0 bridgehead atoms. The van der Waals surface area contributed by atoms with Crippen molar-refractivity contribution in [3.63, 3.8) is 0 Å². The lowest BCUT2D eigenvalue weighted by Gasteiger charge is -2.33. The van der Waals surface area contributed by atoms with Gasteiger partial charge in [-0.1, -0.05) is 19.8 Å². The summed E-state index contributed by atoms with van der Waals surface area (Å²) in [7, 11) is 0. The highest BCUT2D eigenvalue weighted by Gasteiger charge is 2.25. The molecule has 1 heterocycles. The van der Waals surface area contributed by atoms with E-state index in [1.54, 1.807) is 10.4 Å². The van der Waals surface area contributed by atoms with E-state index < -0.39 is 0 Å². The molecule has 1 saturated carbocycles. The van der Waals surface area contributed by atoms with Gasteiger partial charge in [0, 0.05) is 17.0 Å². The van der Waals surface area contributed by atoms with Crippen LogP contribution in [0.25, 0.3) is 0 Å². The number of thiophene rings is 1. The molecule has 0 saturated heterocycles. The van der Waals surface area contributed by atoms with Crippen molar-refractivity contribution < 1.29 is 0 Å². The van der Waals surface area contributed by atoms with Gasteiger partial charge in [-0.05, 0) is 55.0 Å². The number of rotatable bonds is 2. The van der Waals surface area contributed by atoms with E-state index in [9.17, 15) is 0 Å². The number of fused-ring (bicyclic) bond motifs is 1. The molecule has 0 aromatic carbocycles. The number of nitrogens with one attached hydrogen (secondary N) is 1. The molecule has 2 aliphatic carbocycles. The molecular formula is C15H23NS. The monoisotopic (exact) mass is 249 g/mol. The van der Waals surface area contributed by atoms with Gasteiger partial charge in [-0.15, -0.1) is 11.3 Å². The molecule has 0 radical (unpaired) electrons. The summed E-state index contributed by atoms with van der Waals surface area (Å²) in [6.07, 6.45) is 9.65. The third-order valence-corrected chi connectivity index (χ3v) is 5.42. The Bertz CT molecular complexity index is 371. The third kappa shape index (κ3) is 2.58. The Hall–Kier alpha value is -0.340. The van der Waals surface area contributed by atoms with Crippen molar-refractivity contribution in [2.24, 2.45) is 5.92 Å². The summed E-state index contributed by atoms with van der Waals surface area (Å²) in [5, 5.41) is 6.21. The molecule has 1 nitrogen and oxygen atoms in total. The zero-order chi connectivity index (χ0) is 11.7. The predicted molar refractivity (Wildman–Crippen MR) is 74.6 cm³/mol. The zero-order valence-corrected chi connectivity index (χ0v) is 11.6. The van der Waals surface area contributed by atoms with Crippen LogP contribution < -0.4 is 5.32 Å². The fourth-order valence-corrected chi connectivity index (χ4v) is 4.52. The lowest BCUT2D eigenvalue weighted by molar-refractivity contribution is 0.272. The van der Waals surface area contributed by atoms with E-state index in [4.69, 9.17) is 0 Å². The van der Waals surface area contributed by atoms with Crippen LogP contribution in [-0.2, 0) is 6.42 Å². The molecule has 3 atom stereocenters. The SMILES string of the molecule is CC1CCCC(NC2CCCc3sccc32)C1. The first-order chi connectivity index (χ1) is 8.33. The van der Waals surface area contributed by atoms with E-state index in [0.29, 0.717) is 6.04 Å². The number of hydrogen-bond donors (Lipinski definition) is 1. The summed E-state index contributed by atoms with van der Waals surface area (Å²) in [6.45, 7) is 2.41. The molecule has 1 aromatic heterocycles. The fraction of sp³-hybridized carbons (Fsp3) is 0.733. The van der Waals surface area contributed by atoms with E-state index in [0.717, 1.165) is 12.0 Å². The Morgan fingerprint density at radius 2 is 2.18 bits per heavy atom. The van der Waals surface area contributed by atoms with Gasteiger partial charge in [-0.3, -0.25) is 0 Å². The van der Waals surface area contributed by atoms with Crippen molar-refractivity contribution in [2.75, 3.05) is 0 Å². The normalized spacial score (nSPS) is 33.4. The molecule has 1 aromatic rings. The van der Waals surface area contributed by atoms with Gasteiger partial charge in [0.1, 0.15) is 0 Å². The van der Waals surface area contributed by atoms with Gasteiger partial charge in [0.15, 0.2) is 0 Å². The van der Waals surface area contributed by atoms with Crippen molar-refractivity contribution in [2.45, 2.75) is 64.0 Å². The third-order valence-electron chi connectivity index (χ3n) is 4.43. The fourth-order valence-electron chi connectivity index (χ4n) is 3.53. The summed E-state index contributed by atoms with van der Waals surface area (Å²) in [5.74, 6) is 0.923. The minimum atomic E-state index is 0.653. The lowest BCUT2D eigenvalue weighted by Crippen LogP contribution is -2.37. The Kier molecular flexibility index (Phi) is 3.53. The molecule has 1 fully saturated rings. The second-order valence-corrected chi connectivity index (χ2v) is 6.88. The van der Waals surface area contributed by atoms with Crippen molar-refractivity contribution >= 4 is 11.3 Å². The van der Waals surface area contributed by atoms with E-state index in [1.165, 1.54) is 44.9 Å². The van der Waals surface area contributed by atoms with Crippen LogP contribution in [0, 0.1) is 5.92 Å². The van der Waals surface area contributed by atoms with Crippen LogP contribution in [0.3, 0.4) is 0 Å². The van der Waals surface area contributed by atoms with Crippen LogP contribution in [0.4, 0.5) is 0 Å². The topological polar surface area (TPSA) is 12.0 Å². The summed E-state index contributed by atoms with van der Waals surface area (Å²) in [5.41, 5.74) is 1.61. The van der Waals surface area contributed by atoms with Crippen molar-refractivity contribution in [3.8, 4) is 0 Å². The molecular weight excluding hydrogens is 226 g/mol. The first-order valence-corrected chi connectivity index (χ1v) is 8.03. The average molecular weight is 249 g/mol. The highest BCUT2D eigenvalue weighted by Crippen LogP contribution is 2.35. The van der Waals surface area contributed by atoms with E-state index >= 15 is 0 Å². The molecule has 17 heavy (non-hydrogen) atoms. The molecule has 2 heteroatoms. The molecule has 0 aliphatic heterocycles. The smallest absolute Gasteiger partial charge is 0.0333 e. The van der Waals surface area contributed by atoms with Gasteiger partial charge in [0.05, 0.1) is 0 Å². The summed E-state index contributed by atoms with van der Waals surface area (Å²) < 4.78 is 0. The highest BCUT2D eigenvalue weighted by molar-refractivity contribution is 7.10. The zero-order valence-electron chi connectivity index (χ0n) is 10.7. The molecule has 2 aliphatic rings. The highest BCUT2D eigenvalue weighted by atomic mass is 32.1. The molecule has 1 N–H and O–H groups in total. The van der Waals surface area contributed by atoms with Crippen molar-refractivity contribution in [3.05, 3.63) is 21.9 Å². The molecule has 0 spiro atoms. The summed E-state index contributed by atoms with van der Waals surface area (Å²) >= 11 is 1.95. The lowest BCUT2D eigenvalue weighted by atomic mass is 9.85. The second kappa shape index (κ2) is 5.11. The van der Waals surface area contributed by atoms with Crippen LogP contribution in [0.15, 0.2) is 11.4 Å². The summed E-state index contributed by atoms with van der Waals surface area (Å²) in [6, 6.07) is 3.78. The molecule has 3 rings (SSSR count). The standard InChI is InChI=1S/C15H23NS/c1-11-4-2-5-12(10-11)16-14-6-3-7-15-13(14)8-9-17-15/h8-9,11-12,14,16H,2-7,10H2,1H3. The van der Waals surface area contributed by atoms with Gasteiger partial charge in [-0.2, -0.15) is 0 Å². The Morgan fingerprint density at radius 1 is 1.24 bits per heavy atom. The minimum absolute atomic E-state index is 0.653. The second-order valence-electron chi connectivity index (χ2n) is 5.88.